The zero-order chi connectivity index (χ0) is 13.9. The van der Waals surface area contributed by atoms with Crippen molar-refractivity contribution < 1.29 is 9.53 Å². The zero-order valence-corrected chi connectivity index (χ0v) is 12.0. The molecule has 0 radical (unpaired) electrons. The molecule has 1 unspecified atom stereocenters. The van der Waals surface area contributed by atoms with Gasteiger partial charge < -0.3 is 4.74 Å². The Bertz CT molecular complexity index is 382. The molecule has 0 amide bonds. The average Bonchev–Trinajstić information content (AvgIpc) is 2.47. The van der Waals surface area contributed by atoms with E-state index in [0.717, 1.165) is 12.0 Å². The Hall–Kier alpha value is -1.57. The Labute approximate surface area is 116 Å². The lowest BCUT2D eigenvalue weighted by Crippen LogP contribution is -2.13. The summed E-state index contributed by atoms with van der Waals surface area (Å²) in [5.74, 6) is -0.349. The molecule has 1 aromatic carbocycles. The Morgan fingerprint density at radius 2 is 1.95 bits per heavy atom. The maximum Gasteiger partial charge on any atom is 0.313 e. The van der Waals surface area contributed by atoms with Crippen LogP contribution < -0.4 is 0 Å². The van der Waals surface area contributed by atoms with Crippen molar-refractivity contribution >= 4 is 5.97 Å². The quantitative estimate of drug-likeness (QED) is 0.391. The van der Waals surface area contributed by atoms with Gasteiger partial charge in [0.1, 0.15) is 0 Å². The standard InChI is InChI=1S/C17H24O2/c1-3-4-5-6-7-11-14-16(17(18)19-2)15-12-9-8-10-13-15/h7-13,16H,3-6,14H2,1-2H3/b11-7+. The van der Waals surface area contributed by atoms with E-state index in [0.29, 0.717) is 6.42 Å². The summed E-state index contributed by atoms with van der Waals surface area (Å²) in [5.41, 5.74) is 1.02. The van der Waals surface area contributed by atoms with Crippen molar-refractivity contribution in [1.82, 2.24) is 0 Å². The summed E-state index contributed by atoms with van der Waals surface area (Å²) in [6.45, 7) is 2.20. The van der Waals surface area contributed by atoms with Crippen molar-refractivity contribution in [1.29, 1.82) is 0 Å². The smallest absolute Gasteiger partial charge is 0.313 e. The van der Waals surface area contributed by atoms with Gasteiger partial charge in [0.2, 0.25) is 0 Å². The first-order valence-electron chi connectivity index (χ1n) is 7.07. The molecular weight excluding hydrogens is 236 g/mol. The molecule has 104 valence electrons. The number of allylic oxidation sites excluding steroid dienone is 2. The van der Waals surface area contributed by atoms with Crippen LogP contribution in [0.4, 0.5) is 0 Å². The second-order valence-corrected chi connectivity index (χ2v) is 4.69. The second kappa shape index (κ2) is 9.37. The number of rotatable bonds is 8. The zero-order valence-electron chi connectivity index (χ0n) is 12.0. The van der Waals surface area contributed by atoms with Gasteiger partial charge in [0.05, 0.1) is 13.0 Å². The highest BCUT2D eigenvalue weighted by molar-refractivity contribution is 5.78. The van der Waals surface area contributed by atoms with Crippen LogP contribution in [0.2, 0.25) is 0 Å². The number of unbranched alkanes of at least 4 members (excludes halogenated alkanes) is 3. The van der Waals surface area contributed by atoms with Gasteiger partial charge in [0.25, 0.3) is 0 Å². The van der Waals surface area contributed by atoms with E-state index in [1.165, 1.54) is 26.4 Å². The number of benzene rings is 1. The van der Waals surface area contributed by atoms with Crippen molar-refractivity contribution in [2.24, 2.45) is 0 Å². The number of carbonyl (C=O) groups excluding carboxylic acids is 1. The van der Waals surface area contributed by atoms with E-state index >= 15 is 0 Å². The fraction of sp³-hybridized carbons (Fsp3) is 0.471. The Morgan fingerprint density at radius 3 is 2.58 bits per heavy atom. The molecule has 2 heteroatoms. The van der Waals surface area contributed by atoms with Gasteiger partial charge in [-0.25, -0.2) is 0 Å². The summed E-state index contributed by atoms with van der Waals surface area (Å²) in [5, 5.41) is 0. The predicted octanol–water partition coefficient (Wildman–Crippen LogP) is 4.47. The van der Waals surface area contributed by atoms with E-state index in [-0.39, 0.29) is 11.9 Å². The van der Waals surface area contributed by atoms with Crippen LogP contribution in [0, 0.1) is 0 Å². The predicted molar refractivity (Wildman–Crippen MR) is 79.1 cm³/mol. The Morgan fingerprint density at radius 1 is 1.21 bits per heavy atom. The minimum atomic E-state index is -0.186. The van der Waals surface area contributed by atoms with Gasteiger partial charge in [0, 0.05) is 0 Å². The van der Waals surface area contributed by atoms with E-state index in [2.05, 4.69) is 19.1 Å². The van der Waals surface area contributed by atoms with E-state index in [9.17, 15) is 4.79 Å². The van der Waals surface area contributed by atoms with Crippen LogP contribution in [0.5, 0.6) is 0 Å². The van der Waals surface area contributed by atoms with Crippen LogP contribution in [0.1, 0.15) is 50.5 Å². The molecule has 0 spiro atoms. The number of ether oxygens (including phenoxy) is 1. The maximum atomic E-state index is 11.8. The third-order valence-electron chi connectivity index (χ3n) is 3.20. The number of hydrogen-bond acceptors (Lipinski definition) is 2. The molecule has 1 rings (SSSR count). The molecule has 0 heterocycles. The highest BCUT2D eigenvalue weighted by Crippen LogP contribution is 2.21. The van der Waals surface area contributed by atoms with Crippen LogP contribution in [-0.4, -0.2) is 13.1 Å². The molecule has 0 bridgehead atoms. The maximum absolute atomic E-state index is 11.8. The summed E-state index contributed by atoms with van der Waals surface area (Å²) in [4.78, 5) is 11.8. The average molecular weight is 260 g/mol. The molecule has 0 saturated carbocycles. The first-order valence-corrected chi connectivity index (χ1v) is 7.07. The van der Waals surface area contributed by atoms with Gasteiger partial charge >= 0.3 is 5.97 Å². The van der Waals surface area contributed by atoms with Crippen LogP contribution >= 0.6 is 0 Å². The number of methoxy groups -OCH3 is 1. The Balaban J connectivity index is 2.54. The first kappa shape index (κ1) is 15.5. The fourth-order valence-electron chi connectivity index (χ4n) is 2.06. The molecule has 2 nitrogen and oxygen atoms in total. The monoisotopic (exact) mass is 260 g/mol. The second-order valence-electron chi connectivity index (χ2n) is 4.69. The van der Waals surface area contributed by atoms with Crippen LogP contribution in [0.3, 0.4) is 0 Å². The van der Waals surface area contributed by atoms with Gasteiger partial charge in [-0.3, -0.25) is 4.79 Å². The molecule has 0 N–H and O–H groups in total. The molecule has 0 aromatic heterocycles. The molecular formula is C17H24O2. The lowest BCUT2D eigenvalue weighted by molar-refractivity contribution is -0.142. The molecule has 0 aliphatic carbocycles. The summed E-state index contributed by atoms with van der Waals surface area (Å²) in [6, 6.07) is 9.82. The third-order valence-corrected chi connectivity index (χ3v) is 3.20. The van der Waals surface area contributed by atoms with Gasteiger partial charge in [-0.05, 0) is 24.8 Å². The number of hydrogen-bond donors (Lipinski definition) is 0. The molecule has 0 saturated heterocycles. The van der Waals surface area contributed by atoms with Crippen LogP contribution in [0.15, 0.2) is 42.5 Å². The normalized spacial score (nSPS) is 12.5. The molecule has 1 atom stereocenters. The molecule has 0 fully saturated rings. The van der Waals surface area contributed by atoms with E-state index in [1.54, 1.807) is 0 Å². The minimum Gasteiger partial charge on any atom is -0.469 e. The van der Waals surface area contributed by atoms with E-state index < -0.39 is 0 Å². The van der Waals surface area contributed by atoms with Crippen LogP contribution in [0.25, 0.3) is 0 Å². The van der Waals surface area contributed by atoms with Crippen molar-refractivity contribution in [2.45, 2.75) is 44.9 Å². The molecule has 0 aliphatic heterocycles. The van der Waals surface area contributed by atoms with E-state index in [4.69, 9.17) is 4.74 Å². The summed E-state index contributed by atoms with van der Waals surface area (Å²) < 4.78 is 4.89. The highest BCUT2D eigenvalue weighted by Gasteiger charge is 2.19. The SMILES string of the molecule is CCCCC/C=C/CC(C(=O)OC)c1ccccc1. The molecule has 0 aliphatic rings. The fourth-order valence-corrected chi connectivity index (χ4v) is 2.06. The van der Waals surface area contributed by atoms with Crippen molar-refractivity contribution in [3.63, 3.8) is 0 Å². The lowest BCUT2D eigenvalue weighted by Gasteiger charge is -2.12. The van der Waals surface area contributed by atoms with Crippen molar-refractivity contribution in [3.8, 4) is 0 Å². The Kier molecular flexibility index (Phi) is 7.64. The van der Waals surface area contributed by atoms with Crippen molar-refractivity contribution in [2.75, 3.05) is 7.11 Å². The van der Waals surface area contributed by atoms with Gasteiger partial charge in [-0.1, -0.05) is 62.2 Å². The molecule has 1 aromatic rings. The largest absolute Gasteiger partial charge is 0.469 e. The summed E-state index contributed by atoms with van der Waals surface area (Å²) in [7, 11) is 1.45. The third kappa shape index (κ3) is 5.73. The highest BCUT2D eigenvalue weighted by atomic mass is 16.5. The topological polar surface area (TPSA) is 26.3 Å². The lowest BCUT2D eigenvalue weighted by atomic mass is 9.95. The molecule has 19 heavy (non-hydrogen) atoms. The van der Waals surface area contributed by atoms with Crippen molar-refractivity contribution in [3.05, 3.63) is 48.0 Å². The number of carbonyl (C=O) groups is 1. The van der Waals surface area contributed by atoms with Gasteiger partial charge in [0.15, 0.2) is 0 Å². The van der Waals surface area contributed by atoms with Gasteiger partial charge in [-0.2, -0.15) is 0 Å². The first-order chi connectivity index (χ1) is 9.29. The van der Waals surface area contributed by atoms with E-state index in [1.807, 2.05) is 30.3 Å². The number of esters is 1. The summed E-state index contributed by atoms with van der Waals surface area (Å²) in [6.07, 6.45) is 9.81. The summed E-state index contributed by atoms with van der Waals surface area (Å²) >= 11 is 0. The minimum absolute atomic E-state index is 0.163. The van der Waals surface area contributed by atoms with Crippen LogP contribution in [-0.2, 0) is 9.53 Å². The van der Waals surface area contributed by atoms with Gasteiger partial charge in [-0.15, -0.1) is 0 Å².